The van der Waals surface area contributed by atoms with Crippen LogP contribution in [-0.4, -0.2) is 11.1 Å². The monoisotopic (exact) mass is 297 g/mol. The highest BCUT2D eigenvalue weighted by atomic mass is 35.5. The molecule has 98 valence electrons. The molecule has 3 N–H and O–H groups in total. The largest absolute Gasteiger partial charge is 0.478 e. The Morgan fingerprint density at radius 3 is 2.68 bits per heavy atom. The summed E-state index contributed by atoms with van der Waals surface area (Å²) in [5, 5.41) is 9.37. The smallest absolute Gasteiger partial charge is 0.336 e. The van der Waals surface area contributed by atoms with E-state index in [9.17, 15) is 9.18 Å². The molecule has 0 aromatic heterocycles. The van der Waals surface area contributed by atoms with Crippen molar-refractivity contribution in [2.75, 3.05) is 5.73 Å². The van der Waals surface area contributed by atoms with Gasteiger partial charge in [-0.1, -0.05) is 29.4 Å². The van der Waals surface area contributed by atoms with Crippen LogP contribution in [-0.2, 0) is 0 Å². The molecule has 0 atom stereocenters. The molecule has 19 heavy (non-hydrogen) atoms. The van der Waals surface area contributed by atoms with Crippen LogP contribution in [0, 0.1) is 5.82 Å². The van der Waals surface area contributed by atoms with Crippen molar-refractivity contribution in [2.24, 2.45) is 0 Å². The highest BCUT2D eigenvalue weighted by Gasteiger charge is 2.16. The number of carboxylic acids is 1. The van der Waals surface area contributed by atoms with Crippen molar-refractivity contribution in [3.05, 3.63) is 52.8 Å². The van der Waals surface area contributed by atoms with E-state index in [2.05, 4.69) is 0 Å². The Bertz CT molecular complexity index is 649. The quantitative estimate of drug-likeness (QED) is 0.843. The summed E-state index contributed by atoms with van der Waals surface area (Å²) in [7, 11) is 0. The van der Waals surface area contributed by atoms with E-state index in [1.54, 1.807) is 12.1 Å². The van der Waals surface area contributed by atoms with Crippen LogP contribution >= 0.6 is 23.4 Å². The number of carboxylic acid groups (broad SMARTS) is 1. The third-order valence-corrected chi connectivity index (χ3v) is 3.86. The molecule has 0 saturated carbocycles. The Kier molecular flexibility index (Phi) is 3.97. The highest BCUT2D eigenvalue weighted by Crippen LogP contribution is 2.37. The molecule has 3 nitrogen and oxygen atoms in total. The van der Waals surface area contributed by atoms with Crippen molar-refractivity contribution in [3.63, 3.8) is 0 Å². The minimum Gasteiger partial charge on any atom is -0.478 e. The third kappa shape index (κ3) is 3.19. The first-order chi connectivity index (χ1) is 8.97. The number of hydrogen-bond acceptors (Lipinski definition) is 3. The van der Waals surface area contributed by atoms with E-state index in [1.165, 1.54) is 24.3 Å². The van der Waals surface area contributed by atoms with Crippen molar-refractivity contribution in [1.82, 2.24) is 0 Å². The molecule has 2 aromatic rings. The third-order valence-electron chi connectivity index (χ3n) is 2.31. The van der Waals surface area contributed by atoms with Gasteiger partial charge in [-0.25, -0.2) is 9.18 Å². The average Bonchev–Trinajstić information content (AvgIpc) is 2.32. The molecule has 0 amide bonds. The summed E-state index contributed by atoms with van der Waals surface area (Å²) in [6.07, 6.45) is 0. The Hall–Kier alpha value is -1.72. The Balaban J connectivity index is 2.47. The lowest BCUT2D eigenvalue weighted by Crippen LogP contribution is -2.01. The van der Waals surface area contributed by atoms with E-state index in [-0.39, 0.29) is 16.3 Å². The number of anilines is 1. The minimum atomic E-state index is -1.13. The molecule has 0 fully saturated rings. The van der Waals surface area contributed by atoms with E-state index >= 15 is 0 Å². The van der Waals surface area contributed by atoms with Crippen molar-refractivity contribution in [1.29, 1.82) is 0 Å². The molecular weight excluding hydrogens is 289 g/mol. The topological polar surface area (TPSA) is 63.3 Å². The number of nitrogens with two attached hydrogens (primary N) is 1. The van der Waals surface area contributed by atoms with Crippen LogP contribution in [0.15, 0.2) is 46.2 Å². The lowest BCUT2D eigenvalue weighted by Gasteiger charge is -2.09. The fraction of sp³-hybridized carbons (Fsp3) is 0. The summed E-state index contributed by atoms with van der Waals surface area (Å²) >= 11 is 7.09. The Morgan fingerprint density at radius 1 is 1.32 bits per heavy atom. The molecule has 6 heteroatoms. The normalized spacial score (nSPS) is 10.4. The van der Waals surface area contributed by atoms with Crippen molar-refractivity contribution in [2.45, 2.75) is 9.79 Å². The number of halogens is 2. The van der Waals surface area contributed by atoms with E-state index in [0.717, 1.165) is 11.8 Å². The van der Waals surface area contributed by atoms with E-state index in [0.29, 0.717) is 9.79 Å². The fourth-order valence-corrected chi connectivity index (χ4v) is 2.84. The number of hydrogen-bond donors (Lipinski definition) is 2. The molecule has 2 rings (SSSR count). The standard InChI is InChI=1S/C13H9ClFNO2S/c14-11-6-8(16)5-10(13(17)18)12(11)19-9-3-1-2-7(15)4-9/h1-6H,16H2,(H,17,18). The lowest BCUT2D eigenvalue weighted by atomic mass is 10.2. The summed E-state index contributed by atoms with van der Waals surface area (Å²) in [5.41, 5.74) is 5.84. The summed E-state index contributed by atoms with van der Waals surface area (Å²) < 4.78 is 13.1. The summed E-state index contributed by atoms with van der Waals surface area (Å²) in [5.74, 6) is -1.53. The van der Waals surface area contributed by atoms with Crippen LogP contribution in [0.2, 0.25) is 5.02 Å². The first-order valence-corrected chi connectivity index (χ1v) is 6.42. The Morgan fingerprint density at radius 2 is 2.05 bits per heavy atom. The van der Waals surface area contributed by atoms with E-state index in [1.807, 2.05) is 0 Å². The maximum absolute atomic E-state index is 13.1. The maximum Gasteiger partial charge on any atom is 0.336 e. The van der Waals surface area contributed by atoms with Crippen LogP contribution in [0.3, 0.4) is 0 Å². The summed E-state index contributed by atoms with van der Waals surface area (Å²) in [6.45, 7) is 0. The molecule has 0 spiro atoms. The second-order valence-corrected chi connectivity index (χ2v) is 5.23. The first kappa shape index (κ1) is 13.7. The molecule has 0 aliphatic heterocycles. The van der Waals surface area contributed by atoms with Gasteiger partial charge in [0.1, 0.15) is 5.82 Å². The van der Waals surface area contributed by atoms with Crippen LogP contribution in [0.5, 0.6) is 0 Å². The maximum atomic E-state index is 13.1. The van der Waals surface area contributed by atoms with Gasteiger partial charge in [-0.3, -0.25) is 0 Å². The molecule has 0 aliphatic carbocycles. The van der Waals surface area contributed by atoms with Crippen LogP contribution in [0.4, 0.5) is 10.1 Å². The van der Waals surface area contributed by atoms with Gasteiger partial charge in [0.2, 0.25) is 0 Å². The zero-order chi connectivity index (χ0) is 14.0. The number of carbonyl (C=O) groups is 1. The molecule has 0 heterocycles. The number of benzene rings is 2. The van der Waals surface area contributed by atoms with Crippen LogP contribution in [0.25, 0.3) is 0 Å². The van der Waals surface area contributed by atoms with Gasteiger partial charge < -0.3 is 10.8 Å². The highest BCUT2D eigenvalue weighted by molar-refractivity contribution is 7.99. The van der Waals surface area contributed by atoms with Gasteiger partial charge in [-0.2, -0.15) is 0 Å². The zero-order valence-corrected chi connectivity index (χ0v) is 11.1. The molecule has 0 saturated heterocycles. The van der Waals surface area contributed by atoms with Crippen LogP contribution in [0.1, 0.15) is 10.4 Å². The van der Waals surface area contributed by atoms with Gasteiger partial charge in [0.05, 0.1) is 10.6 Å². The lowest BCUT2D eigenvalue weighted by molar-refractivity contribution is 0.0693. The minimum absolute atomic E-state index is 0.000684. The molecule has 0 bridgehead atoms. The van der Waals surface area contributed by atoms with Gasteiger partial charge in [0.25, 0.3) is 0 Å². The van der Waals surface area contributed by atoms with Gasteiger partial charge in [0, 0.05) is 15.5 Å². The second kappa shape index (κ2) is 5.50. The predicted molar refractivity (Wildman–Crippen MR) is 73.3 cm³/mol. The van der Waals surface area contributed by atoms with Crippen molar-refractivity contribution < 1.29 is 14.3 Å². The first-order valence-electron chi connectivity index (χ1n) is 5.23. The number of aromatic carboxylic acids is 1. The zero-order valence-electron chi connectivity index (χ0n) is 9.56. The van der Waals surface area contributed by atoms with Gasteiger partial charge in [-0.05, 0) is 30.3 Å². The molecule has 0 aliphatic rings. The van der Waals surface area contributed by atoms with E-state index in [4.69, 9.17) is 22.4 Å². The second-order valence-electron chi connectivity index (χ2n) is 3.74. The average molecular weight is 298 g/mol. The van der Waals surface area contributed by atoms with Gasteiger partial charge in [0.15, 0.2) is 0 Å². The van der Waals surface area contributed by atoms with E-state index < -0.39 is 11.8 Å². The molecular formula is C13H9ClFNO2S. The summed E-state index contributed by atoms with van der Waals surface area (Å²) in [4.78, 5) is 12.1. The van der Waals surface area contributed by atoms with Gasteiger partial charge >= 0.3 is 5.97 Å². The van der Waals surface area contributed by atoms with Crippen LogP contribution < -0.4 is 5.73 Å². The molecule has 0 radical (unpaired) electrons. The number of nitrogen functional groups attached to an aromatic ring is 1. The van der Waals surface area contributed by atoms with Gasteiger partial charge in [-0.15, -0.1) is 0 Å². The number of rotatable bonds is 3. The SMILES string of the molecule is Nc1cc(Cl)c(Sc2cccc(F)c2)c(C(=O)O)c1. The molecule has 0 unspecified atom stereocenters. The fourth-order valence-electron chi connectivity index (χ4n) is 1.53. The van der Waals surface area contributed by atoms with Crippen molar-refractivity contribution in [3.8, 4) is 0 Å². The van der Waals surface area contributed by atoms with Crippen molar-refractivity contribution >= 4 is 35.0 Å². The molecule has 2 aromatic carbocycles. The summed E-state index contributed by atoms with van der Waals surface area (Å²) in [6, 6.07) is 8.64. The predicted octanol–water partition coefficient (Wildman–Crippen LogP) is 3.91. The Labute approximate surface area is 118 Å².